The molecule has 2 heterocycles. The first-order chi connectivity index (χ1) is 12.7. The van der Waals surface area contributed by atoms with E-state index in [0.717, 1.165) is 36.6 Å². The third-order valence-corrected chi connectivity index (χ3v) is 5.34. The summed E-state index contributed by atoms with van der Waals surface area (Å²) in [7, 11) is 0. The Morgan fingerprint density at radius 3 is 2.81 bits per heavy atom. The number of nitrogens with one attached hydrogen (secondary N) is 3. The first-order valence-corrected chi connectivity index (χ1v) is 9.82. The SMILES string of the molecule is O=C(CCC1CCNC1)NCc1csc(CNC(=O)c2ccccc2)n1. The van der Waals surface area contributed by atoms with Crippen molar-refractivity contribution >= 4 is 23.2 Å². The van der Waals surface area contributed by atoms with Crippen LogP contribution >= 0.6 is 11.3 Å². The number of benzene rings is 1. The van der Waals surface area contributed by atoms with Crippen LogP contribution in [0.15, 0.2) is 35.7 Å². The monoisotopic (exact) mass is 372 g/mol. The Morgan fingerprint density at radius 2 is 2.04 bits per heavy atom. The largest absolute Gasteiger partial charge is 0.350 e. The highest BCUT2D eigenvalue weighted by Gasteiger charge is 2.15. The maximum atomic E-state index is 12.0. The van der Waals surface area contributed by atoms with Crippen molar-refractivity contribution in [1.82, 2.24) is 20.9 Å². The topological polar surface area (TPSA) is 83.1 Å². The molecule has 2 amide bonds. The van der Waals surface area contributed by atoms with Gasteiger partial charge in [-0.05, 0) is 44.0 Å². The lowest BCUT2D eigenvalue weighted by Crippen LogP contribution is -2.24. The lowest BCUT2D eigenvalue weighted by molar-refractivity contribution is -0.121. The van der Waals surface area contributed by atoms with E-state index in [1.165, 1.54) is 11.3 Å². The third kappa shape index (κ3) is 5.64. The molecule has 1 aliphatic heterocycles. The molecular weight excluding hydrogens is 348 g/mol. The van der Waals surface area contributed by atoms with Crippen molar-refractivity contribution in [2.45, 2.75) is 32.4 Å². The molecule has 3 N–H and O–H groups in total. The standard InChI is InChI=1S/C19H24N4O2S/c24-17(7-6-14-8-9-20-10-14)21-11-16-13-26-18(23-16)12-22-19(25)15-4-2-1-3-5-15/h1-5,13-14,20H,6-12H2,(H,21,24)(H,22,25). The second kappa shape index (κ2) is 9.45. The van der Waals surface area contributed by atoms with Gasteiger partial charge in [-0.3, -0.25) is 9.59 Å². The van der Waals surface area contributed by atoms with Crippen molar-refractivity contribution in [2.24, 2.45) is 5.92 Å². The molecule has 1 aromatic heterocycles. The first-order valence-electron chi connectivity index (χ1n) is 8.94. The summed E-state index contributed by atoms with van der Waals surface area (Å²) in [4.78, 5) is 28.4. The van der Waals surface area contributed by atoms with E-state index in [9.17, 15) is 9.59 Å². The molecule has 0 aliphatic carbocycles. The van der Waals surface area contributed by atoms with E-state index in [4.69, 9.17) is 0 Å². The molecule has 2 aromatic rings. The van der Waals surface area contributed by atoms with Gasteiger partial charge in [0.2, 0.25) is 5.91 Å². The summed E-state index contributed by atoms with van der Waals surface area (Å²) in [6, 6.07) is 9.10. The first kappa shape index (κ1) is 18.5. The molecule has 1 aromatic carbocycles. The normalized spacial score (nSPS) is 16.4. The fourth-order valence-electron chi connectivity index (χ4n) is 2.93. The predicted molar refractivity (Wildman–Crippen MR) is 102 cm³/mol. The van der Waals surface area contributed by atoms with Crippen LogP contribution < -0.4 is 16.0 Å². The number of aromatic nitrogens is 1. The maximum Gasteiger partial charge on any atom is 0.251 e. The van der Waals surface area contributed by atoms with Crippen molar-refractivity contribution in [2.75, 3.05) is 13.1 Å². The molecule has 6 nitrogen and oxygen atoms in total. The minimum atomic E-state index is -0.114. The summed E-state index contributed by atoms with van der Waals surface area (Å²) in [5, 5.41) is 11.9. The van der Waals surface area contributed by atoms with E-state index in [1.807, 2.05) is 23.6 Å². The van der Waals surface area contributed by atoms with Crippen molar-refractivity contribution < 1.29 is 9.59 Å². The number of carbonyl (C=O) groups is 2. The van der Waals surface area contributed by atoms with Crippen LogP contribution in [0.1, 0.15) is 40.3 Å². The van der Waals surface area contributed by atoms with E-state index in [1.54, 1.807) is 12.1 Å². The zero-order valence-corrected chi connectivity index (χ0v) is 15.5. The minimum absolute atomic E-state index is 0.0730. The van der Waals surface area contributed by atoms with Gasteiger partial charge in [0.05, 0.1) is 18.8 Å². The second-order valence-electron chi connectivity index (χ2n) is 6.46. The summed E-state index contributed by atoms with van der Waals surface area (Å²) in [5.41, 5.74) is 1.46. The van der Waals surface area contributed by atoms with Crippen molar-refractivity contribution in [3.63, 3.8) is 0 Å². The molecule has 1 unspecified atom stereocenters. The average Bonchev–Trinajstić information content (AvgIpc) is 3.35. The Kier molecular flexibility index (Phi) is 6.74. The Bertz CT molecular complexity index is 726. The highest BCUT2D eigenvalue weighted by molar-refractivity contribution is 7.09. The Balaban J connectivity index is 1.37. The van der Waals surface area contributed by atoms with Gasteiger partial charge in [-0.1, -0.05) is 18.2 Å². The Labute approximate surface area is 157 Å². The van der Waals surface area contributed by atoms with Gasteiger partial charge in [0.15, 0.2) is 0 Å². The predicted octanol–water partition coefficient (Wildman–Crippen LogP) is 2.08. The van der Waals surface area contributed by atoms with Gasteiger partial charge in [0.25, 0.3) is 5.91 Å². The van der Waals surface area contributed by atoms with E-state index >= 15 is 0 Å². The molecule has 0 radical (unpaired) electrons. The molecule has 0 saturated carbocycles. The molecule has 0 spiro atoms. The third-order valence-electron chi connectivity index (χ3n) is 4.44. The van der Waals surface area contributed by atoms with Crippen LogP contribution in [-0.2, 0) is 17.9 Å². The number of thiazole rings is 1. The van der Waals surface area contributed by atoms with E-state index < -0.39 is 0 Å². The summed E-state index contributed by atoms with van der Waals surface area (Å²) in [6.45, 7) is 2.91. The number of hydrogen-bond acceptors (Lipinski definition) is 5. The zero-order valence-electron chi connectivity index (χ0n) is 14.7. The van der Waals surface area contributed by atoms with Crippen LogP contribution in [0.3, 0.4) is 0 Å². The lowest BCUT2D eigenvalue weighted by Gasteiger charge is -2.07. The number of amides is 2. The quantitative estimate of drug-likeness (QED) is 0.662. The Morgan fingerprint density at radius 1 is 1.19 bits per heavy atom. The molecular formula is C19H24N4O2S. The highest BCUT2D eigenvalue weighted by Crippen LogP contribution is 2.14. The number of nitrogens with zero attached hydrogens (tertiary/aromatic N) is 1. The molecule has 1 atom stereocenters. The summed E-state index contributed by atoms with van der Waals surface area (Å²) in [6.07, 6.45) is 2.67. The smallest absolute Gasteiger partial charge is 0.251 e. The van der Waals surface area contributed by atoms with Crippen LogP contribution in [0.2, 0.25) is 0 Å². The summed E-state index contributed by atoms with van der Waals surface area (Å²) >= 11 is 1.49. The van der Waals surface area contributed by atoms with E-state index in [2.05, 4.69) is 20.9 Å². The molecule has 26 heavy (non-hydrogen) atoms. The number of rotatable bonds is 8. The van der Waals surface area contributed by atoms with Crippen molar-refractivity contribution in [1.29, 1.82) is 0 Å². The molecule has 138 valence electrons. The van der Waals surface area contributed by atoms with Crippen molar-refractivity contribution in [3.8, 4) is 0 Å². The summed E-state index contributed by atoms with van der Waals surface area (Å²) in [5.74, 6) is 0.584. The molecule has 3 rings (SSSR count). The van der Waals surface area contributed by atoms with E-state index in [-0.39, 0.29) is 11.8 Å². The lowest BCUT2D eigenvalue weighted by atomic mass is 10.0. The van der Waals surface area contributed by atoms with Crippen LogP contribution in [0.5, 0.6) is 0 Å². The minimum Gasteiger partial charge on any atom is -0.350 e. The molecule has 1 aliphatic rings. The fourth-order valence-corrected chi connectivity index (χ4v) is 3.67. The average molecular weight is 372 g/mol. The van der Waals surface area contributed by atoms with Crippen LogP contribution in [0, 0.1) is 5.92 Å². The molecule has 7 heteroatoms. The van der Waals surface area contributed by atoms with Gasteiger partial charge in [0.1, 0.15) is 5.01 Å². The van der Waals surface area contributed by atoms with Gasteiger partial charge in [-0.25, -0.2) is 4.98 Å². The van der Waals surface area contributed by atoms with Crippen LogP contribution in [0.25, 0.3) is 0 Å². The molecule has 1 fully saturated rings. The fraction of sp³-hybridized carbons (Fsp3) is 0.421. The second-order valence-corrected chi connectivity index (χ2v) is 7.40. The van der Waals surface area contributed by atoms with Gasteiger partial charge in [-0.2, -0.15) is 0 Å². The van der Waals surface area contributed by atoms with Crippen LogP contribution in [-0.4, -0.2) is 29.9 Å². The highest BCUT2D eigenvalue weighted by atomic mass is 32.1. The van der Waals surface area contributed by atoms with Crippen LogP contribution in [0.4, 0.5) is 0 Å². The number of hydrogen-bond donors (Lipinski definition) is 3. The number of carbonyl (C=O) groups excluding carboxylic acids is 2. The van der Waals surface area contributed by atoms with Gasteiger partial charge in [0, 0.05) is 17.4 Å². The summed E-state index contributed by atoms with van der Waals surface area (Å²) < 4.78 is 0. The zero-order chi connectivity index (χ0) is 18.2. The molecule has 0 bridgehead atoms. The molecule has 1 saturated heterocycles. The van der Waals surface area contributed by atoms with Gasteiger partial charge < -0.3 is 16.0 Å². The van der Waals surface area contributed by atoms with Crippen molar-refractivity contribution in [3.05, 3.63) is 52.0 Å². The van der Waals surface area contributed by atoms with E-state index in [0.29, 0.717) is 31.0 Å². The Hall–Kier alpha value is -2.25. The van der Waals surface area contributed by atoms with Gasteiger partial charge in [-0.15, -0.1) is 11.3 Å². The maximum absolute atomic E-state index is 12.0. The van der Waals surface area contributed by atoms with Gasteiger partial charge >= 0.3 is 0 Å².